The maximum atomic E-state index is 5.51. The van der Waals surface area contributed by atoms with E-state index in [4.69, 9.17) is 6.42 Å². The van der Waals surface area contributed by atoms with Crippen LogP contribution in [0.2, 0.25) is 0 Å². The number of aromatic nitrogens is 1. The Bertz CT molecular complexity index is 349. The first kappa shape index (κ1) is 11.7. The highest BCUT2D eigenvalue weighted by Gasteiger charge is 2.26. The van der Waals surface area contributed by atoms with Crippen LogP contribution in [0.25, 0.3) is 0 Å². The Labute approximate surface area is 92.3 Å². The van der Waals surface area contributed by atoms with E-state index in [1.807, 2.05) is 45.3 Å². The number of hydrogen-bond donors (Lipinski definition) is 0. The zero-order chi connectivity index (χ0) is 11.5. The first-order valence-electron chi connectivity index (χ1n) is 5.10. The van der Waals surface area contributed by atoms with Gasteiger partial charge in [-0.05, 0) is 40.0 Å². The Hall–Kier alpha value is -1.33. The first-order chi connectivity index (χ1) is 6.99. The number of hydrogen-bond acceptors (Lipinski definition) is 2. The molecule has 0 aromatic carbocycles. The van der Waals surface area contributed by atoms with E-state index >= 15 is 0 Å². The van der Waals surface area contributed by atoms with E-state index in [0.29, 0.717) is 0 Å². The van der Waals surface area contributed by atoms with Crippen LogP contribution in [0, 0.1) is 12.3 Å². The van der Waals surface area contributed by atoms with Crippen molar-refractivity contribution in [1.29, 1.82) is 0 Å². The summed E-state index contributed by atoms with van der Waals surface area (Å²) in [7, 11) is 2.03. The Balaban J connectivity index is 2.88. The third-order valence-corrected chi connectivity index (χ3v) is 2.93. The highest BCUT2D eigenvalue weighted by atomic mass is 15.2. The van der Waals surface area contributed by atoms with E-state index in [-0.39, 0.29) is 11.6 Å². The second kappa shape index (κ2) is 4.46. The molecule has 0 bridgehead atoms. The van der Waals surface area contributed by atoms with E-state index < -0.39 is 0 Å². The highest BCUT2D eigenvalue weighted by molar-refractivity contribution is 5.14. The van der Waals surface area contributed by atoms with Crippen molar-refractivity contribution in [3.63, 3.8) is 0 Å². The summed E-state index contributed by atoms with van der Waals surface area (Å²) < 4.78 is 0. The predicted molar refractivity (Wildman–Crippen MR) is 63.3 cm³/mol. The minimum Gasteiger partial charge on any atom is -0.282 e. The molecular weight excluding hydrogens is 184 g/mol. The van der Waals surface area contributed by atoms with Gasteiger partial charge in [0.1, 0.15) is 0 Å². The zero-order valence-electron chi connectivity index (χ0n) is 9.86. The van der Waals surface area contributed by atoms with E-state index in [1.54, 1.807) is 0 Å². The molecule has 80 valence electrons. The molecule has 0 radical (unpaired) electrons. The summed E-state index contributed by atoms with van der Waals surface area (Å²) in [6.07, 6.45) is 7.32. The molecule has 0 aliphatic carbocycles. The van der Waals surface area contributed by atoms with Gasteiger partial charge in [0.2, 0.25) is 0 Å². The van der Waals surface area contributed by atoms with Gasteiger partial charge in [-0.2, -0.15) is 0 Å². The number of pyridine rings is 1. The fraction of sp³-hybridized carbons (Fsp3) is 0.462. The lowest BCUT2D eigenvalue weighted by Crippen LogP contribution is -2.41. The Morgan fingerprint density at radius 2 is 2.13 bits per heavy atom. The van der Waals surface area contributed by atoms with E-state index in [2.05, 4.69) is 22.7 Å². The minimum absolute atomic E-state index is 0.220. The van der Waals surface area contributed by atoms with Gasteiger partial charge in [0, 0.05) is 6.20 Å². The molecule has 0 fully saturated rings. The molecule has 0 aliphatic rings. The second-order valence-electron chi connectivity index (χ2n) is 4.24. The van der Waals surface area contributed by atoms with Crippen molar-refractivity contribution in [3.05, 3.63) is 30.1 Å². The van der Waals surface area contributed by atoms with Crippen molar-refractivity contribution < 1.29 is 0 Å². The van der Waals surface area contributed by atoms with Crippen molar-refractivity contribution >= 4 is 0 Å². The summed E-state index contributed by atoms with van der Waals surface area (Å²) in [5.41, 5.74) is 0.792. The van der Waals surface area contributed by atoms with Gasteiger partial charge >= 0.3 is 0 Å². The standard InChI is InChI=1S/C13H18N2/c1-6-13(3,4)15(5)11(2)12-9-7-8-10-14-12/h1,7-11H,2-5H3. The summed E-state index contributed by atoms with van der Waals surface area (Å²) in [4.78, 5) is 6.49. The van der Waals surface area contributed by atoms with Crippen molar-refractivity contribution in [2.24, 2.45) is 0 Å². The maximum Gasteiger partial charge on any atom is 0.0769 e. The summed E-state index contributed by atoms with van der Waals surface area (Å²) in [5.74, 6) is 2.79. The molecule has 1 aromatic rings. The lowest BCUT2D eigenvalue weighted by atomic mass is 10.0. The average Bonchev–Trinajstić information content (AvgIpc) is 2.28. The van der Waals surface area contributed by atoms with Crippen LogP contribution in [0.15, 0.2) is 24.4 Å². The van der Waals surface area contributed by atoms with Crippen LogP contribution in [0.1, 0.15) is 32.5 Å². The SMILES string of the molecule is C#CC(C)(C)N(C)C(C)c1ccccn1. The smallest absolute Gasteiger partial charge is 0.0769 e. The summed E-state index contributed by atoms with van der Waals surface area (Å²) >= 11 is 0. The molecule has 0 saturated carbocycles. The predicted octanol–water partition coefficient (Wildman–Crippen LogP) is 2.49. The van der Waals surface area contributed by atoms with E-state index in [1.165, 1.54) is 0 Å². The van der Waals surface area contributed by atoms with Crippen LogP contribution in [0.3, 0.4) is 0 Å². The average molecular weight is 202 g/mol. The molecule has 2 heteroatoms. The molecule has 0 aliphatic heterocycles. The molecule has 0 spiro atoms. The molecule has 1 unspecified atom stereocenters. The van der Waals surface area contributed by atoms with Crippen molar-refractivity contribution in [3.8, 4) is 12.3 Å². The van der Waals surface area contributed by atoms with Gasteiger partial charge in [-0.3, -0.25) is 9.88 Å². The molecule has 2 nitrogen and oxygen atoms in total. The molecule has 1 rings (SSSR count). The molecular formula is C13H18N2. The van der Waals surface area contributed by atoms with Crippen molar-refractivity contribution in [1.82, 2.24) is 9.88 Å². The van der Waals surface area contributed by atoms with Gasteiger partial charge in [-0.1, -0.05) is 12.0 Å². The topological polar surface area (TPSA) is 16.1 Å². The highest BCUT2D eigenvalue weighted by Crippen LogP contribution is 2.23. The number of nitrogens with zero attached hydrogens (tertiary/aromatic N) is 2. The van der Waals surface area contributed by atoms with Crippen LogP contribution in [0.4, 0.5) is 0 Å². The first-order valence-corrected chi connectivity index (χ1v) is 5.10. The van der Waals surface area contributed by atoms with E-state index in [0.717, 1.165) is 5.69 Å². The molecule has 0 saturated heterocycles. The minimum atomic E-state index is -0.253. The Morgan fingerprint density at radius 3 is 2.60 bits per heavy atom. The third-order valence-electron chi connectivity index (χ3n) is 2.93. The Kier molecular flexibility index (Phi) is 3.49. The zero-order valence-corrected chi connectivity index (χ0v) is 9.86. The van der Waals surface area contributed by atoms with Crippen molar-refractivity contribution in [2.45, 2.75) is 32.4 Å². The summed E-state index contributed by atoms with van der Waals surface area (Å²) in [6.45, 7) is 6.18. The third kappa shape index (κ3) is 2.57. The van der Waals surface area contributed by atoms with Crippen LogP contribution < -0.4 is 0 Å². The van der Waals surface area contributed by atoms with Gasteiger partial charge < -0.3 is 0 Å². The monoisotopic (exact) mass is 202 g/mol. The lowest BCUT2D eigenvalue weighted by molar-refractivity contribution is 0.156. The summed E-state index contributed by atoms with van der Waals surface area (Å²) in [6, 6.07) is 6.16. The van der Waals surface area contributed by atoms with Gasteiger partial charge in [0.05, 0.1) is 17.3 Å². The quantitative estimate of drug-likeness (QED) is 0.700. The van der Waals surface area contributed by atoms with Crippen molar-refractivity contribution in [2.75, 3.05) is 7.05 Å². The largest absolute Gasteiger partial charge is 0.282 e. The fourth-order valence-corrected chi connectivity index (χ4v) is 1.41. The molecule has 15 heavy (non-hydrogen) atoms. The van der Waals surface area contributed by atoms with Gasteiger partial charge in [0.25, 0.3) is 0 Å². The molecule has 1 aromatic heterocycles. The fourth-order valence-electron chi connectivity index (χ4n) is 1.41. The molecule has 0 N–H and O–H groups in total. The number of terminal acetylenes is 1. The molecule has 0 amide bonds. The lowest BCUT2D eigenvalue weighted by Gasteiger charge is -2.35. The Morgan fingerprint density at radius 1 is 1.47 bits per heavy atom. The second-order valence-corrected chi connectivity index (χ2v) is 4.24. The van der Waals surface area contributed by atoms with Gasteiger partial charge in [-0.15, -0.1) is 6.42 Å². The maximum absolute atomic E-state index is 5.51. The van der Waals surface area contributed by atoms with Crippen LogP contribution in [-0.2, 0) is 0 Å². The normalized spacial score (nSPS) is 13.6. The van der Waals surface area contributed by atoms with E-state index in [9.17, 15) is 0 Å². The van der Waals surface area contributed by atoms with Gasteiger partial charge in [-0.25, -0.2) is 0 Å². The van der Waals surface area contributed by atoms with Crippen LogP contribution >= 0.6 is 0 Å². The summed E-state index contributed by atoms with van der Waals surface area (Å²) in [5, 5.41) is 0. The molecule has 1 heterocycles. The molecule has 1 atom stereocenters. The number of rotatable bonds is 3. The van der Waals surface area contributed by atoms with Crippen LogP contribution in [0.5, 0.6) is 0 Å². The van der Waals surface area contributed by atoms with Gasteiger partial charge in [0.15, 0.2) is 0 Å². The van der Waals surface area contributed by atoms with Crippen LogP contribution in [-0.4, -0.2) is 22.5 Å².